The van der Waals surface area contributed by atoms with Crippen LogP contribution in [0.5, 0.6) is 0 Å². The van der Waals surface area contributed by atoms with Gasteiger partial charge in [0.25, 0.3) is 0 Å². The van der Waals surface area contributed by atoms with E-state index in [1.54, 1.807) is 11.3 Å². The van der Waals surface area contributed by atoms with Crippen molar-refractivity contribution in [2.75, 3.05) is 0 Å². The number of benzene rings is 1. The molecule has 1 unspecified atom stereocenters. The van der Waals surface area contributed by atoms with Gasteiger partial charge in [0, 0.05) is 9.90 Å². The van der Waals surface area contributed by atoms with Crippen molar-refractivity contribution in [2.24, 2.45) is 5.84 Å². The van der Waals surface area contributed by atoms with E-state index < -0.39 is 0 Å². The van der Waals surface area contributed by atoms with Crippen molar-refractivity contribution in [3.63, 3.8) is 0 Å². The fraction of sp³-hybridized carbons (Fsp3) is 0.167. The molecule has 0 amide bonds. The third-order valence-corrected chi connectivity index (χ3v) is 3.69. The predicted octanol–water partition coefficient (Wildman–Crippen LogP) is 3.26. The normalized spacial score (nSPS) is 12.7. The van der Waals surface area contributed by atoms with Crippen LogP contribution in [0.4, 0.5) is 0 Å². The monoisotopic (exact) mass is 252 g/mol. The highest BCUT2D eigenvalue weighted by atomic mass is 35.5. The minimum atomic E-state index is -0.0429. The van der Waals surface area contributed by atoms with E-state index in [2.05, 4.69) is 23.8 Å². The summed E-state index contributed by atoms with van der Waals surface area (Å²) in [5, 5.41) is 2.83. The lowest BCUT2D eigenvalue weighted by atomic mass is 10.0. The van der Waals surface area contributed by atoms with Gasteiger partial charge in [-0.2, -0.15) is 0 Å². The summed E-state index contributed by atoms with van der Waals surface area (Å²) in [5.74, 6) is 5.61. The van der Waals surface area contributed by atoms with Crippen molar-refractivity contribution in [1.82, 2.24) is 5.43 Å². The zero-order valence-electron chi connectivity index (χ0n) is 8.91. The van der Waals surface area contributed by atoms with Gasteiger partial charge in [0.1, 0.15) is 0 Å². The number of hydrazine groups is 1. The summed E-state index contributed by atoms with van der Waals surface area (Å²) in [6.07, 6.45) is 0. The number of thiophene rings is 1. The van der Waals surface area contributed by atoms with Crippen LogP contribution in [0, 0.1) is 6.92 Å². The SMILES string of the molecule is Cc1cc(C(NN)c2ccccc2Cl)cs1. The van der Waals surface area contributed by atoms with E-state index in [0.717, 1.165) is 16.1 Å². The van der Waals surface area contributed by atoms with E-state index in [1.165, 1.54) is 4.88 Å². The molecule has 0 aliphatic rings. The molecular weight excluding hydrogens is 240 g/mol. The lowest BCUT2D eigenvalue weighted by Gasteiger charge is -2.16. The maximum absolute atomic E-state index is 6.16. The van der Waals surface area contributed by atoms with Crippen molar-refractivity contribution in [1.29, 1.82) is 0 Å². The first kappa shape index (κ1) is 11.6. The zero-order chi connectivity index (χ0) is 11.5. The van der Waals surface area contributed by atoms with Crippen LogP contribution in [-0.2, 0) is 0 Å². The van der Waals surface area contributed by atoms with Crippen LogP contribution in [0.3, 0.4) is 0 Å². The molecule has 0 radical (unpaired) electrons. The van der Waals surface area contributed by atoms with E-state index in [9.17, 15) is 0 Å². The minimum absolute atomic E-state index is 0.0429. The second-order valence-corrected chi connectivity index (χ2v) is 5.13. The quantitative estimate of drug-likeness (QED) is 0.650. The summed E-state index contributed by atoms with van der Waals surface area (Å²) in [5.41, 5.74) is 4.97. The van der Waals surface area contributed by atoms with Gasteiger partial charge in [-0.15, -0.1) is 11.3 Å². The third-order valence-electron chi connectivity index (χ3n) is 2.47. The standard InChI is InChI=1S/C12H13ClN2S/c1-8-6-9(7-16-8)12(15-14)10-4-2-3-5-11(10)13/h2-7,12,15H,14H2,1H3. The zero-order valence-corrected chi connectivity index (χ0v) is 10.5. The van der Waals surface area contributed by atoms with Crippen LogP contribution < -0.4 is 11.3 Å². The highest BCUT2D eigenvalue weighted by Gasteiger charge is 2.15. The van der Waals surface area contributed by atoms with Gasteiger partial charge in [0.2, 0.25) is 0 Å². The Morgan fingerprint density at radius 3 is 2.69 bits per heavy atom. The maximum Gasteiger partial charge on any atom is 0.0732 e. The Balaban J connectivity index is 2.40. The molecule has 0 saturated carbocycles. The molecule has 84 valence electrons. The second kappa shape index (κ2) is 4.97. The van der Waals surface area contributed by atoms with Crippen molar-refractivity contribution in [3.8, 4) is 0 Å². The van der Waals surface area contributed by atoms with Crippen LogP contribution in [0.2, 0.25) is 5.02 Å². The Morgan fingerprint density at radius 2 is 2.12 bits per heavy atom. The number of aryl methyl sites for hydroxylation is 1. The molecule has 4 heteroatoms. The molecule has 3 N–H and O–H groups in total. The summed E-state index contributed by atoms with van der Waals surface area (Å²) >= 11 is 7.87. The van der Waals surface area contributed by atoms with Crippen molar-refractivity contribution in [3.05, 3.63) is 56.7 Å². The Kier molecular flexibility index (Phi) is 3.61. The number of hydrogen-bond acceptors (Lipinski definition) is 3. The first-order valence-electron chi connectivity index (χ1n) is 4.98. The number of nitrogens with one attached hydrogen (secondary N) is 1. The smallest absolute Gasteiger partial charge is 0.0732 e. The average molecular weight is 253 g/mol. The number of halogens is 1. The van der Waals surface area contributed by atoms with Crippen LogP contribution in [0.15, 0.2) is 35.7 Å². The van der Waals surface area contributed by atoms with Crippen LogP contribution in [0.1, 0.15) is 22.0 Å². The van der Waals surface area contributed by atoms with E-state index in [0.29, 0.717) is 0 Å². The van der Waals surface area contributed by atoms with Crippen molar-refractivity contribution < 1.29 is 0 Å². The molecular formula is C12H13ClN2S. The number of rotatable bonds is 3. The molecule has 1 heterocycles. The molecule has 0 fully saturated rings. The molecule has 0 aliphatic carbocycles. The summed E-state index contributed by atoms with van der Waals surface area (Å²) in [6.45, 7) is 2.08. The van der Waals surface area contributed by atoms with Gasteiger partial charge in [0.15, 0.2) is 0 Å². The molecule has 2 aromatic rings. The molecule has 1 aromatic heterocycles. The van der Waals surface area contributed by atoms with Gasteiger partial charge in [-0.05, 0) is 35.6 Å². The Morgan fingerprint density at radius 1 is 1.38 bits per heavy atom. The molecule has 1 aromatic carbocycles. The molecule has 1 atom stereocenters. The molecule has 0 spiro atoms. The van der Waals surface area contributed by atoms with E-state index in [4.69, 9.17) is 17.4 Å². The summed E-state index contributed by atoms with van der Waals surface area (Å²) in [6, 6.07) is 9.82. The molecule has 2 nitrogen and oxygen atoms in total. The van der Waals surface area contributed by atoms with Gasteiger partial charge in [0.05, 0.1) is 6.04 Å². The summed E-state index contributed by atoms with van der Waals surface area (Å²) in [4.78, 5) is 1.27. The average Bonchev–Trinajstić information content (AvgIpc) is 2.69. The fourth-order valence-corrected chi connectivity index (χ4v) is 2.66. The minimum Gasteiger partial charge on any atom is -0.271 e. The van der Waals surface area contributed by atoms with E-state index in [1.807, 2.05) is 24.3 Å². The Labute approximate surface area is 104 Å². The summed E-state index contributed by atoms with van der Waals surface area (Å²) in [7, 11) is 0. The molecule has 2 rings (SSSR count). The van der Waals surface area contributed by atoms with Gasteiger partial charge in [-0.25, -0.2) is 5.43 Å². The fourth-order valence-electron chi connectivity index (χ4n) is 1.69. The first-order chi connectivity index (χ1) is 7.72. The van der Waals surface area contributed by atoms with E-state index in [-0.39, 0.29) is 6.04 Å². The van der Waals surface area contributed by atoms with Gasteiger partial charge >= 0.3 is 0 Å². The topological polar surface area (TPSA) is 38.0 Å². The van der Waals surface area contributed by atoms with Gasteiger partial charge < -0.3 is 0 Å². The largest absolute Gasteiger partial charge is 0.271 e. The lowest BCUT2D eigenvalue weighted by molar-refractivity contribution is 0.639. The predicted molar refractivity (Wildman–Crippen MR) is 69.7 cm³/mol. The maximum atomic E-state index is 6.16. The molecule has 16 heavy (non-hydrogen) atoms. The van der Waals surface area contributed by atoms with Crippen LogP contribution >= 0.6 is 22.9 Å². The summed E-state index contributed by atoms with van der Waals surface area (Å²) < 4.78 is 0. The third kappa shape index (κ3) is 2.28. The molecule has 0 saturated heterocycles. The Bertz CT molecular complexity index is 481. The highest BCUT2D eigenvalue weighted by molar-refractivity contribution is 7.10. The molecule has 0 bridgehead atoms. The van der Waals surface area contributed by atoms with E-state index >= 15 is 0 Å². The lowest BCUT2D eigenvalue weighted by Crippen LogP contribution is -2.28. The van der Waals surface area contributed by atoms with Crippen LogP contribution in [0.25, 0.3) is 0 Å². The second-order valence-electron chi connectivity index (χ2n) is 3.61. The number of hydrogen-bond donors (Lipinski definition) is 2. The first-order valence-corrected chi connectivity index (χ1v) is 6.23. The van der Waals surface area contributed by atoms with Crippen LogP contribution in [-0.4, -0.2) is 0 Å². The Hall–Kier alpha value is -0.870. The number of nitrogens with two attached hydrogens (primary N) is 1. The van der Waals surface area contributed by atoms with Gasteiger partial charge in [-0.3, -0.25) is 5.84 Å². The van der Waals surface area contributed by atoms with Gasteiger partial charge in [-0.1, -0.05) is 29.8 Å². The van der Waals surface area contributed by atoms with Crippen molar-refractivity contribution in [2.45, 2.75) is 13.0 Å². The molecule has 0 aliphatic heterocycles. The highest BCUT2D eigenvalue weighted by Crippen LogP contribution is 2.29. The van der Waals surface area contributed by atoms with Crippen molar-refractivity contribution >= 4 is 22.9 Å².